The highest BCUT2D eigenvalue weighted by Crippen LogP contribution is 2.12. The van der Waals surface area contributed by atoms with Gasteiger partial charge < -0.3 is 10.1 Å². The number of nitrogens with one attached hydrogen (secondary N) is 2. The molecule has 0 heterocycles. The van der Waals surface area contributed by atoms with Crippen LogP contribution < -0.4 is 10.0 Å². The highest BCUT2D eigenvalue weighted by molar-refractivity contribution is 7.89. The van der Waals surface area contributed by atoms with Crippen molar-refractivity contribution >= 4 is 21.9 Å². The lowest BCUT2D eigenvalue weighted by molar-refractivity contribution is -0.124. The summed E-state index contributed by atoms with van der Waals surface area (Å²) in [6, 6.07) is 5.50. The third-order valence-corrected chi connectivity index (χ3v) is 5.18. The molecule has 1 amide bonds. The molecule has 26 heavy (non-hydrogen) atoms. The summed E-state index contributed by atoms with van der Waals surface area (Å²) in [4.78, 5) is 23.9. The lowest BCUT2D eigenvalue weighted by Crippen LogP contribution is -2.36. The Morgan fingerprint density at radius 3 is 2.46 bits per heavy atom. The normalized spacial score (nSPS) is 12.7. The highest BCUT2D eigenvalue weighted by atomic mass is 32.2. The van der Waals surface area contributed by atoms with Crippen LogP contribution in [0.5, 0.6) is 0 Å². The molecule has 0 aliphatic carbocycles. The van der Waals surface area contributed by atoms with Crippen LogP contribution in [0, 0.1) is 5.92 Å². The number of amides is 1. The van der Waals surface area contributed by atoms with Crippen LogP contribution in [0.2, 0.25) is 0 Å². The molecular weight excluding hydrogens is 356 g/mol. The number of esters is 1. The first-order valence-corrected chi connectivity index (χ1v) is 10.2. The van der Waals surface area contributed by atoms with Gasteiger partial charge in [-0.3, -0.25) is 4.79 Å². The summed E-state index contributed by atoms with van der Waals surface area (Å²) in [5.74, 6) is -0.576. The van der Waals surface area contributed by atoms with Gasteiger partial charge >= 0.3 is 5.97 Å². The number of sulfonamides is 1. The van der Waals surface area contributed by atoms with Gasteiger partial charge in [-0.05, 0) is 43.9 Å². The van der Waals surface area contributed by atoms with E-state index < -0.39 is 22.6 Å². The average molecular weight is 384 g/mol. The third-order valence-electron chi connectivity index (χ3n) is 3.63. The number of carbonyl (C=O) groups is 2. The van der Waals surface area contributed by atoms with E-state index in [4.69, 9.17) is 4.74 Å². The number of hydrogen-bond donors (Lipinski definition) is 2. The number of hydrogen-bond acceptors (Lipinski definition) is 5. The third kappa shape index (κ3) is 7.53. The van der Waals surface area contributed by atoms with Crippen LogP contribution in [-0.4, -0.2) is 39.5 Å². The Morgan fingerprint density at radius 1 is 1.15 bits per heavy atom. The van der Waals surface area contributed by atoms with Crippen molar-refractivity contribution in [3.05, 3.63) is 29.8 Å². The molecule has 2 N–H and O–H groups in total. The predicted octanol–water partition coefficient (Wildman–Crippen LogP) is 2.08. The topological polar surface area (TPSA) is 102 Å². The molecule has 1 aromatic rings. The molecular formula is C18H28N2O5S. The van der Waals surface area contributed by atoms with Crippen LogP contribution in [0.4, 0.5) is 0 Å². The van der Waals surface area contributed by atoms with Gasteiger partial charge in [0.15, 0.2) is 6.61 Å². The number of rotatable bonds is 10. The van der Waals surface area contributed by atoms with Crippen molar-refractivity contribution in [2.24, 2.45) is 5.92 Å². The zero-order valence-electron chi connectivity index (χ0n) is 15.7. The largest absolute Gasteiger partial charge is 0.452 e. The molecule has 0 bridgehead atoms. The first kappa shape index (κ1) is 22.1. The van der Waals surface area contributed by atoms with E-state index in [0.717, 1.165) is 12.8 Å². The van der Waals surface area contributed by atoms with Crippen LogP contribution in [0.1, 0.15) is 50.9 Å². The zero-order chi connectivity index (χ0) is 19.7. The smallest absolute Gasteiger partial charge is 0.338 e. The van der Waals surface area contributed by atoms with Gasteiger partial charge in [-0.15, -0.1) is 0 Å². The van der Waals surface area contributed by atoms with E-state index in [1.807, 2.05) is 6.92 Å². The molecule has 1 unspecified atom stereocenters. The van der Waals surface area contributed by atoms with Crippen LogP contribution >= 0.6 is 0 Å². The maximum absolute atomic E-state index is 12.1. The first-order valence-electron chi connectivity index (χ1n) is 8.72. The Hall–Kier alpha value is -1.93. The quantitative estimate of drug-likeness (QED) is 0.602. The lowest BCUT2D eigenvalue weighted by Gasteiger charge is -2.15. The minimum Gasteiger partial charge on any atom is -0.452 e. The Balaban J connectivity index is 2.59. The van der Waals surface area contributed by atoms with Crippen LogP contribution in [0.15, 0.2) is 29.2 Å². The fourth-order valence-electron chi connectivity index (χ4n) is 2.25. The fourth-order valence-corrected chi connectivity index (χ4v) is 3.34. The van der Waals surface area contributed by atoms with E-state index >= 15 is 0 Å². The van der Waals surface area contributed by atoms with Gasteiger partial charge in [0.2, 0.25) is 10.0 Å². The second-order valence-electron chi connectivity index (χ2n) is 6.55. The first-order chi connectivity index (χ1) is 12.2. The van der Waals surface area contributed by atoms with Crippen LogP contribution in [0.25, 0.3) is 0 Å². The Morgan fingerprint density at radius 2 is 1.85 bits per heavy atom. The molecule has 1 rings (SSSR count). The summed E-state index contributed by atoms with van der Waals surface area (Å²) in [5, 5.41) is 2.77. The molecule has 146 valence electrons. The van der Waals surface area contributed by atoms with Gasteiger partial charge in [0.1, 0.15) is 0 Å². The second-order valence-corrected chi connectivity index (χ2v) is 8.31. The number of carbonyl (C=O) groups excluding carboxylic acids is 2. The molecule has 0 aliphatic heterocycles. The van der Waals surface area contributed by atoms with E-state index in [2.05, 4.69) is 23.9 Å². The summed E-state index contributed by atoms with van der Waals surface area (Å²) in [5.41, 5.74) is 0.0737. The van der Waals surface area contributed by atoms with Crippen LogP contribution in [-0.2, 0) is 19.6 Å². The van der Waals surface area contributed by atoms with Crippen molar-refractivity contribution in [3.8, 4) is 0 Å². The van der Waals surface area contributed by atoms with Crippen molar-refractivity contribution in [1.29, 1.82) is 0 Å². The predicted molar refractivity (Wildman–Crippen MR) is 99.3 cm³/mol. The monoisotopic (exact) mass is 384 g/mol. The molecule has 0 fully saturated rings. The molecule has 0 aliphatic rings. The maximum atomic E-state index is 12.1. The van der Waals surface area contributed by atoms with Crippen molar-refractivity contribution < 1.29 is 22.7 Å². The molecule has 0 saturated heterocycles. The summed E-state index contributed by atoms with van der Waals surface area (Å²) < 4.78 is 31.3. The molecule has 7 nitrogen and oxygen atoms in total. The van der Waals surface area contributed by atoms with Gasteiger partial charge in [-0.25, -0.2) is 17.9 Å². The van der Waals surface area contributed by atoms with E-state index in [1.165, 1.54) is 24.3 Å². The van der Waals surface area contributed by atoms with Gasteiger partial charge in [-0.1, -0.05) is 26.8 Å². The SMILES string of the molecule is CCNS(=O)(=O)c1cccc(C(=O)OCC(=O)NC(C)CCC(C)C)c1. The fraction of sp³-hybridized carbons (Fsp3) is 0.556. The van der Waals surface area contributed by atoms with Crippen molar-refractivity contribution in [2.75, 3.05) is 13.2 Å². The van der Waals surface area contributed by atoms with Gasteiger partial charge in [0.05, 0.1) is 10.5 Å². The van der Waals surface area contributed by atoms with Gasteiger partial charge in [-0.2, -0.15) is 0 Å². The highest BCUT2D eigenvalue weighted by Gasteiger charge is 2.17. The standard InChI is InChI=1S/C18H28N2O5S/c1-5-19-26(23,24)16-8-6-7-15(11-16)18(22)25-12-17(21)20-14(4)10-9-13(2)3/h6-8,11,13-14,19H,5,9-10,12H2,1-4H3,(H,20,21). The summed E-state index contributed by atoms with van der Waals surface area (Å²) >= 11 is 0. The Labute approximate surface area is 155 Å². The van der Waals surface area contributed by atoms with E-state index in [0.29, 0.717) is 5.92 Å². The number of benzene rings is 1. The van der Waals surface area contributed by atoms with Crippen molar-refractivity contribution in [3.63, 3.8) is 0 Å². The molecule has 0 spiro atoms. The van der Waals surface area contributed by atoms with E-state index in [-0.39, 0.29) is 29.0 Å². The molecule has 0 aromatic heterocycles. The van der Waals surface area contributed by atoms with Gasteiger partial charge in [0.25, 0.3) is 5.91 Å². The molecule has 1 aromatic carbocycles. The molecule has 8 heteroatoms. The molecule has 1 atom stereocenters. The van der Waals surface area contributed by atoms with Gasteiger partial charge in [0, 0.05) is 12.6 Å². The minimum absolute atomic E-state index is 0.00260. The Kier molecular flexibility index (Phi) is 8.74. The number of ether oxygens (including phenoxy) is 1. The maximum Gasteiger partial charge on any atom is 0.338 e. The van der Waals surface area contributed by atoms with Crippen molar-refractivity contribution in [2.45, 2.75) is 51.5 Å². The lowest BCUT2D eigenvalue weighted by atomic mass is 10.0. The van der Waals surface area contributed by atoms with Crippen molar-refractivity contribution in [1.82, 2.24) is 10.0 Å². The molecule has 0 radical (unpaired) electrons. The average Bonchev–Trinajstić information content (AvgIpc) is 2.58. The molecule has 0 saturated carbocycles. The summed E-state index contributed by atoms with van der Waals surface area (Å²) in [6.45, 7) is 7.62. The van der Waals surface area contributed by atoms with E-state index in [9.17, 15) is 18.0 Å². The summed E-state index contributed by atoms with van der Waals surface area (Å²) in [6.07, 6.45) is 1.84. The van der Waals surface area contributed by atoms with Crippen LogP contribution in [0.3, 0.4) is 0 Å². The van der Waals surface area contributed by atoms with E-state index in [1.54, 1.807) is 6.92 Å². The second kappa shape index (κ2) is 10.3. The zero-order valence-corrected chi connectivity index (χ0v) is 16.6. The summed E-state index contributed by atoms with van der Waals surface area (Å²) in [7, 11) is -3.66. The minimum atomic E-state index is -3.66. The Bertz CT molecular complexity index is 716.